The summed E-state index contributed by atoms with van der Waals surface area (Å²) in [6, 6.07) is 26.1. The number of fused-ring (bicyclic) bond motifs is 5. The maximum atomic E-state index is 5.98. The predicted octanol–water partition coefficient (Wildman–Crippen LogP) is 7.93. The molecular weight excluding hydrogens is 488 g/mol. The predicted molar refractivity (Wildman–Crippen MR) is 155 cm³/mol. The van der Waals surface area contributed by atoms with Crippen LogP contribution in [0.15, 0.2) is 110 Å². The average molecular weight is 515 g/mol. The molecule has 6 aromatic rings. The average Bonchev–Trinajstić information content (AvgIpc) is 2.99. The lowest BCUT2D eigenvalue weighted by molar-refractivity contribution is 0.457. The number of halogens is 1. The Bertz CT molecular complexity index is 1660. The lowest BCUT2D eigenvalue weighted by Crippen LogP contribution is -2.17. The Morgan fingerprint density at radius 2 is 1.53 bits per heavy atom. The maximum absolute atomic E-state index is 5.98. The van der Waals surface area contributed by atoms with Gasteiger partial charge in [-0.05, 0) is 88.0 Å². The van der Waals surface area contributed by atoms with Crippen LogP contribution in [0.25, 0.3) is 32.8 Å². The van der Waals surface area contributed by atoms with Gasteiger partial charge in [-0.15, -0.1) is 0 Å². The number of aromatic nitrogens is 4. The summed E-state index contributed by atoms with van der Waals surface area (Å²) in [7, 11) is 0. The Morgan fingerprint density at radius 1 is 0.711 bits per heavy atom. The van der Waals surface area contributed by atoms with Crippen molar-refractivity contribution < 1.29 is 0 Å². The molecular formula is C33H27ClN4. The van der Waals surface area contributed by atoms with E-state index < -0.39 is 0 Å². The molecule has 0 N–H and O–H groups in total. The summed E-state index contributed by atoms with van der Waals surface area (Å²) in [5.41, 5.74) is 6.38. The van der Waals surface area contributed by atoms with Gasteiger partial charge in [-0.3, -0.25) is 15.0 Å². The SMILES string of the molecule is Clc1ccc(-c2ncccc2CC2CCc3c(ccc4c3ccc3ccccc34)C2)cn1.c1cnccn1. The van der Waals surface area contributed by atoms with E-state index in [9.17, 15) is 0 Å². The molecule has 0 bridgehead atoms. The van der Waals surface area contributed by atoms with Crippen LogP contribution in [0.3, 0.4) is 0 Å². The zero-order chi connectivity index (χ0) is 25.7. The molecule has 0 saturated heterocycles. The van der Waals surface area contributed by atoms with Gasteiger partial charge < -0.3 is 0 Å². The highest BCUT2D eigenvalue weighted by Crippen LogP contribution is 2.36. The van der Waals surface area contributed by atoms with Crippen molar-refractivity contribution in [1.29, 1.82) is 0 Å². The molecule has 0 fully saturated rings. The summed E-state index contributed by atoms with van der Waals surface area (Å²) in [5.74, 6) is 0.614. The first-order valence-electron chi connectivity index (χ1n) is 12.9. The van der Waals surface area contributed by atoms with Gasteiger partial charge in [0.1, 0.15) is 5.15 Å². The summed E-state index contributed by atoms with van der Waals surface area (Å²) in [4.78, 5) is 16.4. The van der Waals surface area contributed by atoms with Crippen molar-refractivity contribution in [2.75, 3.05) is 0 Å². The van der Waals surface area contributed by atoms with E-state index >= 15 is 0 Å². The summed E-state index contributed by atoms with van der Waals surface area (Å²) in [6.07, 6.45) is 14.7. The van der Waals surface area contributed by atoms with E-state index in [-0.39, 0.29) is 0 Å². The smallest absolute Gasteiger partial charge is 0.129 e. The Morgan fingerprint density at radius 3 is 2.32 bits per heavy atom. The zero-order valence-electron chi connectivity index (χ0n) is 21.0. The van der Waals surface area contributed by atoms with Gasteiger partial charge in [0, 0.05) is 42.7 Å². The lowest BCUT2D eigenvalue weighted by Gasteiger charge is -2.27. The van der Waals surface area contributed by atoms with Crippen molar-refractivity contribution in [2.45, 2.75) is 25.7 Å². The fourth-order valence-corrected chi connectivity index (χ4v) is 5.67. The number of nitrogens with zero attached hydrogens (tertiary/aromatic N) is 4. The molecule has 3 aromatic heterocycles. The number of hydrogen-bond donors (Lipinski definition) is 0. The highest BCUT2D eigenvalue weighted by molar-refractivity contribution is 6.29. The molecule has 5 heteroatoms. The van der Waals surface area contributed by atoms with Crippen LogP contribution in [0.5, 0.6) is 0 Å². The van der Waals surface area contributed by atoms with Crippen molar-refractivity contribution in [3.05, 3.63) is 132 Å². The van der Waals surface area contributed by atoms with Gasteiger partial charge in [-0.25, -0.2) is 4.98 Å². The molecule has 0 aliphatic heterocycles. The highest BCUT2D eigenvalue weighted by Gasteiger charge is 2.22. The third kappa shape index (κ3) is 5.13. The van der Waals surface area contributed by atoms with E-state index in [0.717, 1.165) is 30.5 Å². The van der Waals surface area contributed by atoms with E-state index in [1.165, 1.54) is 44.7 Å². The largest absolute Gasteiger partial charge is 0.262 e. The molecule has 0 saturated carbocycles. The first-order chi connectivity index (χ1) is 18.8. The fraction of sp³-hybridized carbons (Fsp3) is 0.152. The number of aryl methyl sites for hydroxylation is 1. The monoisotopic (exact) mass is 514 g/mol. The molecule has 0 radical (unpaired) electrons. The second-order valence-electron chi connectivity index (χ2n) is 9.67. The molecule has 1 unspecified atom stereocenters. The summed E-state index contributed by atoms with van der Waals surface area (Å²) in [5, 5.41) is 5.98. The minimum atomic E-state index is 0.509. The molecule has 0 amide bonds. The van der Waals surface area contributed by atoms with Crippen LogP contribution >= 0.6 is 11.6 Å². The van der Waals surface area contributed by atoms with Gasteiger partial charge in [0.15, 0.2) is 0 Å². The van der Waals surface area contributed by atoms with Gasteiger partial charge in [0.2, 0.25) is 0 Å². The molecule has 7 rings (SSSR count). The normalized spacial score (nSPS) is 14.5. The molecule has 1 aliphatic carbocycles. The molecule has 3 heterocycles. The van der Waals surface area contributed by atoms with Gasteiger partial charge in [-0.2, -0.15) is 0 Å². The second-order valence-corrected chi connectivity index (χ2v) is 10.1. The van der Waals surface area contributed by atoms with Crippen LogP contribution in [0.1, 0.15) is 23.1 Å². The molecule has 186 valence electrons. The van der Waals surface area contributed by atoms with Crippen LogP contribution in [0.2, 0.25) is 5.15 Å². The van der Waals surface area contributed by atoms with Gasteiger partial charge >= 0.3 is 0 Å². The molecule has 1 atom stereocenters. The number of hydrogen-bond acceptors (Lipinski definition) is 4. The van der Waals surface area contributed by atoms with E-state index in [1.807, 2.05) is 30.6 Å². The quantitative estimate of drug-likeness (QED) is 0.178. The van der Waals surface area contributed by atoms with E-state index in [2.05, 4.69) is 74.5 Å². The fourth-order valence-electron chi connectivity index (χ4n) is 5.56. The molecule has 38 heavy (non-hydrogen) atoms. The van der Waals surface area contributed by atoms with Crippen molar-refractivity contribution >= 4 is 33.1 Å². The Labute approximate surface area is 227 Å². The summed E-state index contributed by atoms with van der Waals surface area (Å²) < 4.78 is 0. The van der Waals surface area contributed by atoms with Gasteiger partial charge in [0.25, 0.3) is 0 Å². The van der Waals surface area contributed by atoms with Crippen LogP contribution in [0, 0.1) is 5.92 Å². The zero-order valence-corrected chi connectivity index (χ0v) is 21.7. The van der Waals surface area contributed by atoms with Gasteiger partial charge in [-0.1, -0.05) is 66.2 Å². The van der Waals surface area contributed by atoms with Crippen molar-refractivity contribution in [3.63, 3.8) is 0 Å². The number of rotatable bonds is 3. The minimum Gasteiger partial charge on any atom is -0.262 e. The van der Waals surface area contributed by atoms with Gasteiger partial charge in [0.05, 0.1) is 5.69 Å². The number of benzene rings is 3. The first-order valence-corrected chi connectivity index (χ1v) is 13.3. The summed E-state index contributed by atoms with van der Waals surface area (Å²) in [6.45, 7) is 0. The molecule has 3 aromatic carbocycles. The lowest BCUT2D eigenvalue weighted by atomic mass is 9.78. The highest BCUT2D eigenvalue weighted by atomic mass is 35.5. The number of pyridine rings is 2. The molecule has 4 nitrogen and oxygen atoms in total. The molecule has 1 aliphatic rings. The Kier molecular flexibility index (Phi) is 7.05. The molecule has 0 spiro atoms. The van der Waals surface area contributed by atoms with E-state index in [4.69, 9.17) is 11.6 Å². The Hall–Kier alpha value is -4.15. The third-order valence-electron chi connectivity index (χ3n) is 7.32. The summed E-state index contributed by atoms with van der Waals surface area (Å²) >= 11 is 5.98. The van der Waals surface area contributed by atoms with Crippen molar-refractivity contribution in [2.24, 2.45) is 5.92 Å². The van der Waals surface area contributed by atoms with Crippen molar-refractivity contribution in [1.82, 2.24) is 19.9 Å². The van der Waals surface area contributed by atoms with Crippen LogP contribution < -0.4 is 0 Å². The third-order valence-corrected chi connectivity index (χ3v) is 7.55. The standard InChI is InChI=1S/C29H23ClN2.C4H4N2/c30-28-14-10-23(18-32-28)29-22(5-3-15-31-29)17-19-7-11-25-21(16-19)9-13-26-24-6-2-1-4-20(24)8-12-27(25)26;1-2-6-4-3-5-1/h1-6,8-10,12-15,18-19H,7,11,16-17H2;1-4H. The van der Waals surface area contributed by atoms with Crippen LogP contribution in [0.4, 0.5) is 0 Å². The van der Waals surface area contributed by atoms with Crippen LogP contribution in [-0.2, 0) is 19.3 Å². The minimum absolute atomic E-state index is 0.509. The van der Waals surface area contributed by atoms with E-state index in [1.54, 1.807) is 24.8 Å². The van der Waals surface area contributed by atoms with Crippen LogP contribution in [-0.4, -0.2) is 19.9 Å². The Balaban J connectivity index is 0.000000390. The maximum Gasteiger partial charge on any atom is 0.129 e. The van der Waals surface area contributed by atoms with Crippen molar-refractivity contribution in [3.8, 4) is 11.3 Å². The topological polar surface area (TPSA) is 51.6 Å². The first kappa shape index (κ1) is 24.2. The second kappa shape index (κ2) is 11.1. The van der Waals surface area contributed by atoms with E-state index in [0.29, 0.717) is 11.1 Å².